The van der Waals surface area contributed by atoms with Crippen LogP contribution >= 0.6 is 0 Å². The van der Waals surface area contributed by atoms with Crippen LogP contribution in [0.3, 0.4) is 0 Å². The summed E-state index contributed by atoms with van der Waals surface area (Å²) in [6.07, 6.45) is 1.60. The number of benzodiazepines with no additional fused rings is 1. The first kappa shape index (κ1) is 19.5. The lowest BCUT2D eigenvalue weighted by molar-refractivity contribution is -0.146. The first-order valence-corrected chi connectivity index (χ1v) is 9.22. The van der Waals surface area contributed by atoms with E-state index in [4.69, 9.17) is 9.57 Å². The molecule has 152 valence electrons. The standard InChI is InChI=1S/C21H17N3O6/c25-18-12-22-11-14-5-1-4-8-17(14)24(18)30-10-9-29-19(26)13-23-20(27)15-6-2-3-7-16(15)21(23)28/h1-8,11H,9-10,12-13H2. The van der Waals surface area contributed by atoms with Gasteiger partial charge in [-0.15, -0.1) is 0 Å². The predicted molar refractivity (Wildman–Crippen MR) is 105 cm³/mol. The van der Waals surface area contributed by atoms with Crippen molar-refractivity contribution in [3.05, 3.63) is 65.2 Å². The van der Waals surface area contributed by atoms with E-state index in [9.17, 15) is 19.2 Å². The number of fused-ring (bicyclic) bond motifs is 2. The van der Waals surface area contributed by atoms with Gasteiger partial charge in [-0.2, -0.15) is 5.06 Å². The van der Waals surface area contributed by atoms with E-state index in [0.717, 1.165) is 15.5 Å². The van der Waals surface area contributed by atoms with Crippen LogP contribution < -0.4 is 5.06 Å². The van der Waals surface area contributed by atoms with Gasteiger partial charge in [0.05, 0.1) is 16.8 Å². The molecule has 0 N–H and O–H groups in total. The maximum Gasteiger partial charge on any atom is 0.326 e. The molecule has 4 rings (SSSR count). The zero-order chi connectivity index (χ0) is 21.1. The number of hydrogen-bond acceptors (Lipinski definition) is 7. The summed E-state index contributed by atoms with van der Waals surface area (Å²) < 4.78 is 5.07. The highest BCUT2D eigenvalue weighted by Crippen LogP contribution is 2.23. The zero-order valence-corrected chi connectivity index (χ0v) is 15.8. The fourth-order valence-electron chi connectivity index (χ4n) is 3.19. The molecule has 0 aromatic heterocycles. The predicted octanol–water partition coefficient (Wildman–Crippen LogP) is 1.22. The van der Waals surface area contributed by atoms with Crippen LogP contribution in [-0.4, -0.2) is 61.1 Å². The lowest BCUT2D eigenvalue weighted by Gasteiger charge is -2.21. The minimum absolute atomic E-state index is 0.0613. The molecule has 2 heterocycles. The number of nitrogens with zero attached hydrogens (tertiary/aromatic N) is 3. The average Bonchev–Trinajstić information content (AvgIpc) is 2.89. The van der Waals surface area contributed by atoms with Crippen LogP contribution in [0.15, 0.2) is 53.5 Å². The number of rotatable bonds is 6. The Hall–Kier alpha value is -3.85. The molecule has 0 saturated carbocycles. The van der Waals surface area contributed by atoms with Crippen LogP contribution in [0.2, 0.25) is 0 Å². The van der Waals surface area contributed by atoms with E-state index < -0.39 is 24.3 Å². The summed E-state index contributed by atoms with van der Waals surface area (Å²) in [5.74, 6) is -2.17. The second-order valence-electron chi connectivity index (χ2n) is 6.51. The molecule has 0 aliphatic carbocycles. The van der Waals surface area contributed by atoms with Crippen LogP contribution in [0.1, 0.15) is 26.3 Å². The Morgan fingerprint density at radius 2 is 1.60 bits per heavy atom. The van der Waals surface area contributed by atoms with E-state index in [-0.39, 0.29) is 36.8 Å². The smallest absolute Gasteiger partial charge is 0.326 e. The third-order valence-electron chi connectivity index (χ3n) is 4.57. The van der Waals surface area contributed by atoms with E-state index in [2.05, 4.69) is 4.99 Å². The Balaban J connectivity index is 1.29. The van der Waals surface area contributed by atoms with Gasteiger partial charge in [-0.25, -0.2) is 0 Å². The molecule has 9 heteroatoms. The lowest BCUT2D eigenvalue weighted by Crippen LogP contribution is -2.37. The third kappa shape index (κ3) is 3.70. The SMILES string of the molecule is O=C(CN1C(=O)c2ccccc2C1=O)OCCON1C(=O)CN=Cc2ccccc21. The number of aliphatic imine (C=N–C) groups is 1. The molecule has 30 heavy (non-hydrogen) atoms. The van der Waals surface area contributed by atoms with Crippen LogP contribution in [0.5, 0.6) is 0 Å². The van der Waals surface area contributed by atoms with Gasteiger partial charge in [0.1, 0.15) is 26.3 Å². The number of anilines is 1. The topological polar surface area (TPSA) is 106 Å². The van der Waals surface area contributed by atoms with Gasteiger partial charge in [-0.3, -0.25) is 33.9 Å². The second kappa shape index (κ2) is 8.26. The average molecular weight is 407 g/mol. The summed E-state index contributed by atoms with van der Waals surface area (Å²) in [7, 11) is 0. The third-order valence-corrected chi connectivity index (χ3v) is 4.57. The summed E-state index contributed by atoms with van der Waals surface area (Å²) in [4.78, 5) is 59.2. The Morgan fingerprint density at radius 3 is 2.33 bits per heavy atom. The summed E-state index contributed by atoms with van der Waals surface area (Å²) in [6.45, 7) is -0.803. The van der Waals surface area contributed by atoms with Gasteiger partial charge in [0, 0.05) is 11.8 Å². The number of imide groups is 1. The minimum Gasteiger partial charge on any atom is -0.462 e. The first-order chi connectivity index (χ1) is 14.6. The Bertz CT molecular complexity index is 1030. The van der Waals surface area contributed by atoms with Crippen molar-refractivity contribution in [2.75, 3.05) is 31.4 Å². The molecule has 2 aliphatic rings. The van der Waals surface area contributed by atoms with Crippen LogP contribution in [0.25, 0.3) is 0 Å². The molecule has 0 unspecified atom stereocenters. The first-order valence-electron chi connectivity index (χ1n) is 9.22. The fourth-order valence-corrected chi connectivity index (χ4v) is 3.19. The van der Waals surface area contributed by atoms with Gasteiger partial charge >= 0.3 is 5.97 Å². The van der Waals surface area contributed by atoms with E-state index in [1.165, 1.54) is 12.1 Å². The minimum atomic E-state index is -0.751. The molecule has 3 amide bonds. The van der Waals surface area contributed by atoms with Crippen LogP contribution in [0, 0.1) is 0 Å². The number of para-hydroxylation sites is 1. The molecule has 2 aromatic rings. The summed E-state index contributed by atoms with van der Waals surface area (Å²) in [5, 5.41) is 1.13. The maximum atomic E-state index is 12.3. The van der Waals surface area contributed by atoms with Gasteiger partial charge in [0.2, 0.25) is 0 Å². The molecule has 2 aliphatic heterocycles. The molecule has 0 spiro atoms. The molecule has 0 radical (unpaired) electrons. The highest BCUT2D eigenvalue weighted by molar-refractivity contribution is 6.22. The van der Waals surface area contributed by atoms with Crippen molar-refractivity contribution in [2.45, 2.75) is 0 Å². The summed E-state index contributed by atoms with van der Waals surface area (Å²) >= 11 is 0. The lowest BCUT2D eigenvalue weighted by atomic mass is 10.1. The summed E-state index contributed by atoms with van der Waals surface area (Å²) in [5.41, 5.74) is 1.80. The van der Waals surface area contributed by atoms with Crippen molar-refractivity contribution in [1.82, 2.24) is 4.90 Å². The van der Waals surface area contributed by atoms with Crippen LogP contribution in [-0.2, 0) is 19.2 Å². The van der Waals surface area contributed by atoms with Gasteiger partial charge in [0.15, 0.2) is 0 Å². The number of carbonyl (C=O) groups is 4. The Kier molecular flexibility index (Phi) is 5.36. The fraction of sp³-hybridized carbons (Fsp3) is 0.190. The number of carbonyl (C=O) groups excluding carboxylic acids is 4. The van der Waals surface area contributed by atoms with Crippen molar-refractivity contribution in [3.8, 4) is 0 Å². The van der Waals surface area contributed by atoms with Gasteiger partial charge in [-0.05, 0) is 18.2 Å². The van der Waals surface area contributed by atoms with Gasteiger partial charge in [0.25, 0.3) is 17.7 Å². The Morgan fingerprint density at radius 1 is 0.933 bits per heavy atom. The van der Waals surface area contributed by atoms with Crippen molar-refractivity contribution < 1.29 is 28.8 Å². The van der Waals surface area contributed by atoms with E-state index in [0.29, 0.717) is 5.69 Å². The van der Waals surface area contributed by atoms with Crippen molar-refractivity contribution in [1.29, 1.82) is 0 Å². The molecule has 9 nitrogen and oxygen atoms in total. The molecule has 0 fully saturated rings. The van der Waals surface area contributed by atoms with E-state index in [1.54, 1.807) is 36.5 Å². The van der Waals surface area contributed by atoms with Crippen molar-refractivity contribution in [3.63, 3.8) is 0 Å². The molecule has 0 bridgehead atoms. The zero-order valence-electron chi connectivity index (χ0n) is 15.8. The monoisotopic (exact) mass is 407 g/mol. The number of hydrogen-bond donors (Lipinski definition) is 0. The largest absolute Gasteiger partial charge is 0.462 e. The molecule has 2 aromatic carbocycles. The van der Waals surface area contributed by atoms with E-state index in [1.807, 2.05) is 6.07 Å². The van der Waals surface area contributed by atoms with Gasteiger partial charge < -0.3 is 4.74 Å². The number of ether oxygens (including phenoxy) is 1. The second-order valence-corrected chi connectivity index (χ2v) is 6.51. The quantitative estimate of drug-likeness (QED) is 0.405. The summed E-state index contributed by atoms with van der Waals surface area (Å²) in [6, 6.07) is 13.5. The maximum absolute atomic E-state index is 12.3. The molecule has 0 saturated heterocycles. The van der Waals surface area contributed by atoms with Crippen molar-refractivity contribution in [2.24, 2.45) is 4.99 Å². The number of hydroxylamine groups is 1. The molecular weight excluding hydrogens is 390 g/mol. The normalized spacial score (nSPS) is 15.1. The Labute approximate surface area is 171 Å². The van der Waals surface area contributed by atoms with E-state index >= 15 is 0 Å². The van der Waals surface area contributed by atoms with Crippen molar-refractivity contribution >= 4 is 35.6 Å². The highest BCUT2D eigenvalue weighted by atomic mass is 16.7. The van der Waals surface area contributed by atoms with Crippen LogP contribution in [0.4, 0.5) is 5.69 Å². The highest BCUT2D eigenvalue weighted by Gasteiger charge is 2.36. The number of amides is 3. The number of benzene rings is 2. The molecular formula is C21H17N3O6. The molecule has 0 atom stereocenters. The van der Waals surface area contributed by atoms with Gasteiger partial charge in [-0.1, -0.05) is 30.3 Å². The number of esters is 1.